The summed E-state index contributed by atoms with van der Waals surface area (Å²) in [7, 11) is 1.54. The number of amides is 3. The highest BCUT2D eigenvalue weighted by Gasteiger charge is 2.10. The van der Waals surface area contributed by atoms with E-state index in [2.05, 4.69) is 26.5 Å². The molecule has 8 nitrogen and oxygen atoms in total. The van der Waals surface area contributed by atoms with Crippen LogP contribution in [0.2, 0.25) is 5.02 Å². The van der Waals surface area contributed by atoms with E-state index in [4.69, 9.17) is 16.3 Å². The quantitative estimate of drug-likeness (QED) is 0.418. The first-order valence-corrected chi connectivity index (χ1v) is 9.80. The number of hydrogen-bond acceptors (Lipinski definition) is 5. The molecule has 160 valence electrons. The monoisotopic (exact) mass is 439 g/mol. The predicted octanol–water partition coefficient (Wildman–Crippen LogP) is 4.65. The molecule has 0 saturated carbocycles. The third-order valence-electron chi connectivity index (χ3n) is 4.43. The van der Waals surface area contributed by atoms with Crippen molar-refractivity contribution in [3.63, 3.8) is 0 Å². The van der Waals surface area contributed by atoms with Crippen LogP contribution in [0.25, 0.3) is 0 Å². The van der Waals surface area contributed by atoms with Crippen LogP contribution in [-0.2, 0) is 0 Å². The Hall–Kier alpha value is -3.78. The minimum atomic E-state index is -0.434. The van der Waals surface area contributed by atoms with Crippen LogP contribution in [0.3, 0.4) is 0 Å². The number of nitrogens with zero attached hydrogens (tertiary/aromatic N) is 1. The van der Waals surface area contributed by atoms with E-state index >= 15 is 0 Å². The molecule has 3 amide bonds. The molecule has 0 fully saturated rings. The van der Waals surface area contributed by atoms with Crippen molar-refractivity contribution in [1.82, 2.24) is 15.7 Å². The number of aryl methyl sites for hydroxylation is 1. The molecule has 2 aromatic carbocycles. The van der Waals surface area contributed by atoms with Crippen molar-refractivity contribution in [3.8, 4) is 11.5 Å². The lowest BCUT2D eigenvalue weighted by Crippen LogP contribution is -2.33. The Morgan fingerprint density at radius 3 is 2.61 bits per heavy atom. The Kier molecular flexibility index (Phi) is 6.94. The van der Waals surface area contributed by atoms with E-state index in [1.807, 2.05) is 13.8 Å². The maximum Gasteiger partial charge on any atom is 0.337 e. The fourth-order valence-electron chi connectivity index (χ4n) is 2.72. The van der Waals surface area contributed by atoms with Gasteiger partial charge in [-0.3, -0.25) is 20.6 Å². The van der Waals surface area contributed by atoms with Gasteiger partial charge in [-0.2, -0.15) is 0 Å². The van der Waals surface area contributed by atoms with E-state index in [0.717, 1.165) is 11.1 Å². The highest BCUT2D eigenvalue weighted by Crippen LogP contribution is 2.29. The van der Waals surface area contributed by atoms with Crippen LogP contribution < -0.4 is 26.2 Å². The molecule has 0 saturated heterocycles. The van der Waals surface area contributed by atoms with E-state index in [0.29, 0.717) is 27.9 Å². The molecule has 3 rings (SSSR count). The predicted molar refractivity (Wildman–Crippen MR) is 121 cm³/mol. The summed E-state index contributed by atoms with van der Waals surface area (Å²) < 4.78 is 5.91. The second kappa shape index (κ2) is 9.82. The molecule has 1 aromatic heterocycles. The van der Waals surface area contributed by atoms with Gasteiger partial charge in [0.15, 0.2) is 0 Å². The van der Waals surface area contributed by atoms with Gasteiger partial charge in [0.2, 0.25) is 0 Å². The first-order valence-electron chi connectivity index (χ1n) is 9.42. The number of urea groups is 1. The van der Waals surface area contributed by atoms with E-state index in [9.17, 15) is 9.59 Å². The molecule has 0 aliphatic rings. The smallest absolute Gasteiger partial charge is 0.337 e. The summed E-state index contributed by atoms with van der Waals surface area (Å²) in [5.74, 6) is 0.732. The van der Waals surface area contributed by atoms with Gasteiger partial charge < -0.3 is 15.4 Å². The number of carbonyl (C=O) groups excluding carboxylic acids is 2. The molecular weight excluding hydrogens is 418 g/mol. The van der Waals surface area contributed by atoms with Gasteiger partial charge in [-0.25, -0.2) is 4.79 Å². The number of ether oxygens (including phenoxy) is 1. The summed E-state index contributed by atoms with van der Waals surface area (Å²) in [6, 6.07) is 13.4. The molecule has 0 aliphatic carbocycles. The zero-order chi connectivity index (χ0) is 22.4. The zero-order valence-corrected chi connectivity index (χ0v) is 18.0. The van der Waals surface area contributed by atoms with E-state index in [1.165, 1.54) is 13.2 Å². The summed E-state index contributed by atoms with van der Waals surface area (Å²) in [4.78, 5) is 28.0. The Morgan fingerprint density at radius 2 is 1.87 bits per heavy atom. The van der Waals surface area contributed by atoms with Crippen molar-refractivity contribution in [2.45, 2.75) is 13.8 Å². The van der Waals surface area contributed by atoms with Crippen molar-refractivity contribution >= 4 is 34.9 Å². The summed E-state index contributed by atoms with van der Waals surface area (Å²) in [6.07, 6.45) is 1.50. The van der Waals surface area contributed by atoms with Crippen molar-refractivity contribution in [1.29, 1.82) is 0 Å². The number of rotatable bonds is 6. The Bertz CT molecular complexity index is 1120. The van der Waals surface area contributed by atoms with Gasteiger partial charge in [0.25, 0.3) is 5.91 Å². The first kappa shape index (κ1) is 21.9. The Labute approximate surface area is 184 Å². The molecule has 0 aliphatic heterocycles. The SMILES string of the molecule is CNC(=O)c1cc(Oc2cccc(NNC(=O)Nc3ccc(Cl)c(C)c3)c2C)ccn1. The van der Waals surface area contributed by atoms with Gasteiger partial charge in [-0.1, -0.05) is 17.7 Å². The van der Waals surface area contributed by atoms with Crippen molar-refractivity contribution in [2.75, 3.05) is 17.8 Å². The third kappa shape index (κ3) is 5.64. The Morgan fingerprint density at radius 1 is 1.06 bits per heavy atom. The maximum atomic E-state index is 12.2. The lowest BCUT2D eigenvalue weighted by molar-refractivity contribution is 0.0958. The number of hydrogen-bond donors (Lipinski definition) is 4. The average molecular weight is 440 g/mol. The lowest BCUT2D eigenvalue weighted by atomic mass is 10.2. The highest BCUT2D eigenvalue weighted by atomic mass is 35.5. The van der Waals surface area contributed by atoms with Gasteiger partial charge in [0, 0.05) is 35.6 Å². The van der Waals surface area contributed by atoms with Gasteiger partial charge in [-0.15, -0.1) is 0 Å². The summed E-state index contributed by atoms with van der Waals surface area (Å²) in [5.41, 5.74) is 8.63. The number of hydrazine groups is 1. The van der Waals surface area contributed by atoms with Crippen LogP contribution in [0.5, 0.6) is 11.5 Å². The minimum absolute atomic E-state index is 0.253. The standard InChI is InChI=1S/C22H22ClN5O3/c1-13-11-15(7-8-17(13)23)26-22(30)28-27-18-5-4-6-20(14(18)2)31-16-9-10-25-19(12-16)21(29)24-3/h4-12,27H,1-3H3,(H,24,29)(H2,26,28,30). The largest absolute Gasteiger partial charge is 0.457 e. The summed E-state index contributed by atoms with van der Waals surface area (Å²) >= 11 is 6.00. The molecule has 0 unspecified atom stereocenters. The van der Waals surface area contributed by atoms with Crippen LogP contribution in [0.1, 0.15) is 21.6 Å². The second-order valence-corrected chi connectivity index (χ2v) is 7.06. The molecule has 1 heterocycles. The summed E-state index contributed by atoms with van der Waals surface area (Å²) in [5, 5.41) is 5.89. The first-order chi connectivity index (χ1) is 14.9. The minimum Gasteiger partial charge on any atom is -0.457 e. The normalized spacial score (nSPS) is 10.2. The van der Waals surface area contributed by atoms with E-state index < -0.39 is 6.03 Å². The number of benzene rings is 2. The van der Waals surface area contributed by atoms with E-state index in [1.54, 1.807) is 48.5 Å². The van der Waals surface area contributed by atoms with Gasteiger partial charge in [0.1, 0.15) is 17.2 Å². The molecule has 4 N–H and O–H groups in total. The molecular formula is C22H22ClN5O3. The molecule has 3 aromatic rings. The molecule has 0 radical (unpaired) electrons. The lowest BCUT2D eigenvalue weighted by Gasteiger charge is -2.15. The van der Waals surface area contributed by atoms with Crippen LogP contribution in [0, 0.1) is 13.8 Å². The average Bonchev–Trinajstić information content (AvgIpc) is 2.76. The number of halogens is 1. The zero-order valence-electron chi connectivity index (χ0n) is 17.2. The topological polar surface area (TPSA) is 104 Å². The van der Waals surface area contributed by atoms with Crippen LogP contribution in [-0.4, -0.2) is 24.0 Å². The van der Waals surface area contributed by atoms with Crippen molar-refractivity contribution < 1.29 is 14.3 Å². The summed E-state index contributed by atoms with van der Waals surface area (Å²) in [6.45, 7) is 3.71. The number of pyridine rings is 1. The maximum absolute atomic E-state index is 12.2. The van der Waals surface area contributed by atoms with Crippen molar-refractivity contribution in [3.05, 3.63) is 76.6 Å². The number of carbonyl (C=O) groups is 2. The second-order valence-electron chi connectivity index (χ2n) is 6.65. The van der Waals surface area contributed by atoms with Crippen LogP contribution in [0.15, 0.2) is 54.7 Å². The van der Waals surface area contributed by atoms with Crippen LogP contribution >= 0.6 is 11.6 Å². The molecule has 0 atom stereocenters. The van der Waals surface area contributed by atoms with Gasteiger partial charge >= 0.3 is 6.03 Å². The molecule has 9 heteroatoms. The molecule has 31 heavy (non-hydrogen) atoms. The fraction of sp³-hybridized carbons (Fsp3) is 0.136. The van der Waals surface area contributed by atoms with Crippen molar-refractivity contribution in [2.24, 2.45) is 0 Å². The highest BCUT2D eigenvalue weighted by molar-refractivity contribution is 6.31. The fourth-order valence-corrected chi connectivity index (χ4v) is 2.84. The molecule has 0 spiro atoms. The molecule has 0 bridgehead atoms. The number of nitrogens with one attached hydrogen (secondary N) is 4. The number of anilines is 2. The van der Waals surface area contributed by atoms with Gasteiger partial charge in [0.05, 0.1) is 5.69 Å². The number of aromatic nitrogens is 1. The van der Waals surface area contributed by atoms with Gasteiger partial charge in [-0.05, 0) is 55.8 Å². The van der Waals surface area contributed by atoms with Crippen LogP contribution in [0.4, 0.5) is 16.2 Å². The Balaban J connectivity index is 1.66. The van der Waals surface area contributed by atoms with E-state index in [-0.39, 0.29) is 11.6 Å². The third-order valence-corrected chi connectivity index (χ3v) is 4.85.